The van der Waals surface area contributed by atoms with Crippen LogP contribution in [0.4, 0.5) is 0 Å². The van der Waals surface area contributed by atoms with Crippen molar-refractivity contribution >= 4 is 11.8 Å². The highest BCUT2D eigenvalue weighted by Crippen LogP contribution is 2.37. The first kappa shape index (κ1) is 23.8. The number of carboxylic acids is 1. The second kappa shape index (κ2) is 8.00. The van der Waals surface area contributed by atoms with E-state index in [0.29, 0.717) is 13.0 Å². The van der Waals surface area contributed by atoms with Crippen molar-refractivity contribution in [1.82, 2.24) is 0 Å². The van der Waals surface area contributed by atoms with Gasteiger partial charge >= 0.3 is 5.97 Å². The smallest absolute Gasteiger partial charge is 0.307 e. The molecule has 0 fully saturated rings. The molecule has 0 aliphatic carbocycles. The lowest BCUT2D eigenvalue weighted by molar-refractivity contribution is -0.180. The Labute approximate surface area is 152 Å². The van der Waals surface area contributed by atoms with Gasteiger partial charge in [0.1, 0.15) is 5.60 Å². The third-order valence-corrected chi connectivity index (χ3v) is 4.74. The Bertz CT molecular complexity index is 507. The van der Waals surface area contributed by atoms with Crippen molar-refractivity contribution in [1.29, 1.82) is 0 Å². The number of Topliss-reactive ketones (excluding diaryl/α,β-unsaturated/α-hetero) is 1. The van der Waals surface area contributed by atoms with Crippen LogP contribution in [0.25, 0.3) is 0 Å². The lowest BCUT2D eigenvalue weighted by atomic mass is 9.78. The minimum atomic E-state index is -1.11. The van der Waals surface area contributed by atoms with Gasteiger partial charge in [0.25, 0.3) is 0 Å². The molecule has 146 valence electrons. The van der Waals surface area contributed by atoms with Crippen LogP contribution < -0.4 is 0 Å². The van der Waals surface area contributed by atoms with Gasteiger partial charge in [-0.2, -0.15) is 0 Å². The maximum atomic E-state index is 12.3. The number of carbonyl (C=O) groups excluding carboxylic acids is 1. The van der Waals surface area contributed by atoms with Gasteiger partial charge in [0.2, 0.25) is 0 Å². The maximum Gasteiger partial charge on any atom is 0.307 e. The average molecular weight is 357 g/mol. The van der Waals surface area contributed by atoms with E-state index in [1.54, 1.807) is 13.8 Å². The van der Waals surface area contributed by atoms with Crippen molar-refractivity contribution in [3.05, 3.63) is 12.2 Å². The van der Waals surface area contributed by atoms with Crippen LogP contribution in [0.15, 0.2) is 12.2 Å². The molecule has 25 heavy (non-hydrogen) atoms. The predicted molar refractivity (Wildman–Crippen MR) is 99.7 cm³/mol. The van der Waals surface area contributed by atoms with Gasteiger partial charge in [0.15, 0.2) is 5.78 Å². The molecule has 0 aliphatic rings. The van der Waals surface area contributed by atoms with E-state index in [1.165, 1.54) is 0 Å². The summed E-state index contributed by atoms with van der Waals surface area (Å²) >= 11 is 0. The number of rotatable bonds is 10. The molecule has 0 amide bonds. The van der Waals surface area contributed by atoms with Gasteiger partial charge in [0, 0.05) is 5.57 Å². The fourth-order valence-electron chi connectivity index (χ4n) is 2.20. The van der Waals surface area contributed by atoms with Gasteiger partial charge in [-0.15, -0.1) is 0 Å². The van der Waals surface area contributed by atoms with Gasteiger partial charge < -0.3 is 14.6 Å². The fourth-order valence-corrected chi connectivity index (χ4v) is 2.20. The van der Waals surface area contributed by atoms with Crippen molar-refractivity contribution < 1.29 is 24.2 Å². The predicted octanol–water partition coefficient (Wildman–Crippen LogP) is 4.39. The highest BCUT2D eigenvalue weighted by Gasteiger charge is 2.39. The van der Waals surface area contributed by atoms with E-state index in [9.17, 15) is 9.59 Å². The quantitative estimate of drug-likeness (QED) is 0.588. The summed E-state index contributed by atoms with van der Waals surface area (Å²) in [6.45, 7) is 21.7. The molecule has 0 saturated carbocycles. The minimum Gasteiger partial charge on any atom is -0.481 e. The fraction of sp³-hybridized carbons (Fsp3) is 0.800. The summed E-state index contributed by atoms with van der Waals surface area (Å²) in [6, 6.07) is 0. The van der Waals surface area contributed by atoms with Crippen LogP contribution in [0.1, 0.15) is 75.2 Å². The van der Waals surface area contributed by atoms with Crippen molar-refractivity contribution in [2.75, 3.05) is 6.61 Å². The Hall–Kier alpha value is -1.20. The molecule has 0 aromatic heterocycles. The SMILES string of the molecule is C=C(CC(=O)O)C(=O)C(C)(C)OCCC(C)(C)OC(C)(C)C(C)(C)C. The van der Waals surface area contributed by atoms with Crippen LogP contribution >= 0.6 is 0 Å². The molecule has 0 heterocycles. The van der Waals surface area contributed by atoms with Gasteiger partial charge in [0.05, 0.1) is 24.2 Å². The van der Waals surface area contributed by atoms with Crippen molar-refractivity contribution in [3.63, 3.8) is 0 Å². The van der Waals surface area contributed by atoms with Crippen LogP contribution in [0.5, 0.6) is 0 Å². The zero-order valence-electron chi connectivity index (χ0n) is 17.4. The number of hydrogen-bond donors (Lipinski definition) is 1. The Balaban J connectivity index is 4.74. The Morgan fingerprint density at radius 3 is 1.84 bits per heavy atom. The molecule has 5 nitrogen and oxygen atoms in total. The van der Waals surface area contributed by atoms with Gasteiger partial charge in [-0.3, -0.25) is 9.59 Å². The Kier molecular flexibility index (Phi) is 7.62. The summed E-state index contributed by atoms with van der Waals surface area (Å²) in [5, 5.41) is 8.78. The van der Waals surface area contributed by atoms with Gasteiger partial charge in [-0.1, -0.05) is 27.4 Å². The first-order chi connectivity index (χ1) is 10.9. The molecule has 0 rings (SSSR count). The maximum absolute atomic E-state index is 12.3. The van der Waals surface area contributed by atoms with Crippen molar-refractivity contribution in [3.8, 4) is 0 Å². The van der Waals surface area contributed by atoms with Crippen LogP contribution in [-0.4, -0.2) is 40.3 Å². The van der Waals surface area contributed by atoms with E-state index in [1.807, 2.05) is 13.8 Å². The Morgan fingerprint density at radius 1 is 0.960 bits per heavy atom. The summed E-state index contributed by atoms with van der Waals surface area (Å²) in [5.41, 5.74) is -1.83. The molecule has 0 radical (unpaired) electrons. The van der Waals surface area contributed by atoms with E-state index in [4.69, 9.17) is 14.6 Å². The Morgan fingerprint density at radius 2 is 1.44 bits per heavy atom. The first-order valence-corrected chi connectivity index (χ1v) is 8.70. The second-order valence-electron chi connectivity index (χ2n) is 9.23. The standard InChI is InChI=1S/C20H36O5/c1-14(13-15(21)22)16(23)19(7,8)24-12-11-18(5,6)25-20(9,10)17(2,3)4/h1,11-13H2,2-10H3,(H,21,22). The lowest BCUT2D eigenvalue weighted by Gasteiger charge is -2.44. The van der Waals surface area contributed by atoms with E-state index in [2.05, 4.69) is 41.2 Å². The second-order valence-corrected chi connectivity index (χ2v) is 9.23. The number of hydrogen-bond acceptors (Lipinski definition) is 4. The topological polar surface area (TPSA) is 72.8 Å². The van der Waals surface area contributed by atoms with E-state index < -0.39 is 17.2 Å². The molecule has 0 atom stereocenters. The number of ether oxygens (including phenoxy) is 2. The number of aliphatic carboxylic acids is 1. The molecular weight excluding hydrogens is 320 g/mol. The molecule has 0 unspecified atom stereocenters. The third-order valence-electron chi connectivity index (χ3n) is 4.74. The summed E-state index contributed by atoms with van der Waals surface area (Å²) in [5.74, 6) is -1.46. The normalized spacial score (nSPS) is 13.6. The summed E-state index contributed by atoms with van der Waals surface area (Å²) in [4.78, 5) is 23.0. The molecule has 0 aliphatic heterocycles. The first-order valence-electron chi connectivity index (χ1n) is 8.70. The molecule has 0 saturated heterocycles. The molecule has 0 spiro atoms. The highest BCUT2D eigenvalue weighted by molar-refractivity contribution is 6.03. The lowest BCUT2D eigenvalue weighted by Crippen LogP contribution is -2.46. The number of carboxylic acid groups (broad SMARTS) is 1. The summed E-state index contributed by atoms with van der Waals surface area (Å²) in [7, 11) is 0. The number of carbonyl (C=O) groups is 2. The van der Waals surface area contributed by atoms with Crippen molar-refractivity contribution in [2.45, 2.75) is 92.0 Å². The van der Waals surface area contributed by atoms with Crippen LogP contribution in [-0.2, 0) is 19.1 Å². The van der Waals surface area contributed by atoms with Crippen molar-refractivity contribution in [2.24, 2.45) is 5.41 Å². The largest absolute Gasteiger partial charge is 0.481 e. The van der Waals surface area contributed by atoms with Gasteiger partial charge in [-0.25, -0.2) is 0 Å². The third kappa shape index (κ3) is 7.70. The zero-order chi connectivity index (χ0) is 20.3. The minimum absolute atomic E-state index is 0.0189. The number of ketones is 1. The molecule has 0 aromatic rings. The highest BCUT2D eigenvalue weighted by atomic mass is 16.5. The molecule has 1 N–H and O–H groups in total. The van der Waals surface area contributed by atoms with E-state index in [-0.39, 0.29) is 28.8 Å². The van der Waals surface area contributed by atoms with Crippen LogP contribution in [0.2, 0.25) is 0 Å². The molecular formula is C20H36O5. The average Bonchev–Trinajstić information content (AvgIpc) is 2.33. The molecule has 5 heteroatoms. The monoisotopic (exact) mass is 356 g/mol. The molecule has 0 bridgehead atoms. The summed E-state index contributed by atoms with van der Waals surface area (Å²) < 4.78 is 12.1. The van der Waals surface area contributed by atoms with Crippen LogP contribution in [0.3, 0.4) is 0 Å². The van der Waals surface area contributed by atoms with Crippen LogP contribution in [0, 0.1) is 5.41 Å². The van der Waals surface area contributed by atoms with E-state index in [0.717, 1.165) is 0 Å². The zero-order valence-corrected chi connectivity index (χ0v) is 17.4. The van der Waals surface area contributed by atoms with Gasteiger partial charge in [-0.05, 0) is 53.4 Å². The molecule has 0 aromatic carbocycles. The van der Waals surface area contributed by atoms with E-state index >= 15 is 0 Å². The summed E-state index contributed by atoms with van der Waals surface area (Å²) in [6.07, 6.45) is 0.231.